The minimum Gasteiger partial charge on any atom is -0.381 e. The highest BCUT2D eigenvalue weighted by Gasteiger charge is 2.57. The summed E-state index contributed by atoms with van der Waals surface area (Å²) < 4.78 is 5.48. The van der Waals surface area contributed by atoms with E-state index in [1.54, 1.807) is 4.90 Å². The molecule has 12 nitrogen and oxygen atoms in total. The molecule has 5 rings (SSSR count). The number of Topliss-reactive ketones (excluding diaryl/α,β-unsaturated/α-hetero) is 1. The van der Waals surface area contributed by atoms with Crippen LogP contribution < -0.4 is 21.7 Å². The van der Waals surface area contributed by atoms with Crippen molar-refractivity contribution in [3.63, 3.8) is 0 Å². The lowest BCUT2D eigenvalue weighted by Gasteiger charge is -2.46. The molecule has 5 fully saturated rings. The van der Waals surface area contributed by atoms with E-state index in [2.05, 4.69) is 29.8 Å². The second kappa shape index (κ2) is 17.6. The van der Waals surface area contributed by atoms with E-state index < -0.39 is 47.2 Å². The zero-order valence-corrected chi connectivity index (χ0v) is 33.0. The van der Waals surface area contributed by atoms with Crippen LogP contribution in [0.5, 0.6) is 0 Å². The number of amides is 5. The Morgan fingerprint density at radius 3 is 1.98 bits per heavy atom. The lowest BCUT2D eigenvalue weighted by molar-refractivity contribution is -0.145. The number of primary amides is 1. The summed E-state index contributed by atoms with van der Waals surface area (Å²) >= 11 is 0. The maximum Gasteiger partial charge on any atom is 0.287 e. The van der Waals surface area contributed by atoms with Crippen LogP contribution in [0.15, 0.2) is 0 Å². The molecule has 5 aliphatic rings. The Balaban J connectivity index is 1.40. The molecule has 0 aromatic rings. The average molecular weight is 742 g/mol. The number of likely N-dealkylation sites (tertiary alicyclic amines) is 1. The summed E-state index contributed by atoms with van der Waals surface area (Å²) in [5.41, 5.74) is 4.39. The monoisotopic (exact) mass is 742 g/mol. The highest BCUT2D eigenvalue weighted by atomic mass is 16.5. The predicted octanol–water partition coefficient (Wildman–Crippen LogP) is 4.17. The van der Waals surface area contributed by atoms with Crippen LogP contribution >= 0.6 is 0 Å². The summed E-state index contributed by atoms with van der Waals surface area (Å²) in [6.45, 7) is 11.6. The minimum absolute atomic E-state index is 0.0361. The molecule has 0 aromatic carbocycles. The molecular formula is C41H67N5O7. The molecule has 2 heterocycles. The third kappa shape index (κ3) is 9.81. The quantitative estimate of drug-likeness (QED) is 0.182. The number of hydrogen-bond donors (Lipinski definition) is 4. The maximum absolute atomic E-state index is 15.0. The Hall–Kier alpha value is -3.02. The van der Waals surface area contributed by atoms with Gasteiger partial charge < -0.3 is 31.3 Å². The highest BCUT2D eigenvalue weighted by molar-refractivity contribution is 6.37. The van der Waals surface area contributed by atoms with E-state index in [4.69, 9.17) is 10.5 Å². The van der Waals surface area contributed by atoms with Crippen LogP contribution in [0.4, 0.5) is 0 Å². The van der Waals surface area contributed by atoms with Gasteiger partial charge in [-0.1, -0.05) is 79.6 Å². The third-order valence-electron chi connectivity index (χ3n) is 13.7. The first-order valence-corrected chi connectivity index (χ1v) is 20.7. The van der Waals surface area contributed by atoms with E-state index >= 15 is 4.79 Å². The van der Waals surface area contributed by atoms with Crippen LogP contribution in [0.3, 0.4) is 0 Å². The van der Waals surface area contributed by atoms with Crippen molar-refractivity contribution in [2.75, 3.05) is 19.8 Å². The molecule has 3 saturated carbocycles. The van der Waals surface area contributed by atoms with Gasteiger partial charge in [-0.2, -0.15) is 0 Å². The summed E-state index contributed by atoms with van der Waals surface area (Å²) in [5, 5.41) is 9.10. The largest absolute Gasteiger partial charge is 0.381 e. The fourth-order valence-corrected chi connectivity index (χ4v) is 9.69. The van der Waals surface area contributed by atoms with Crippen LogP contribution in [0.1, 0.15) is 137 Å². The van der Waals surface area contributed by atoms with Crippen LogP contribution in [-0.2, 0) is 33.5 Å². The summed E-state index contributed by atoms with van der Waals surface area (Å²) in [6, 6.07) is -3.68. The molecule has 5 N–H and O–H groups in total. The van der Waals surface area contributed by atoms with Crippen molar-refractivity contribution in [3.8, 4) is 0 Å². The van der Waals surface area contributed by atoms with Crippen molar-refractivity contribution in [1.29, 1.82) is 0 Å². The molecule has 0 bridgehead atoms. The van der Waals surface area contributed by atoms with Crippen LogP contribution in [0, 0.1) is 40.4 Å². The normalized spacial score (nSPS) is 26.5. The van der Waals surface area contributed by atoms with Crippen molar-refractivity contribution in [2.24, 2.45) is 46.2 Å². The van der Waals surface area contributed by atoms with Crippen molar-refractivity contribution >= 4 is 35.3 Å². The average Bonchev–Trinajstić information content (AvgIpc) is 3.47. The lowest BCUT2D eigenvalue weighted by atomic mass is 9.59. The molecular weight excluding hydrogens is 674 g/mol. The molecule has 2 unspecified atom stereocenters. The zero-order valence-electron chi connectivity index (χ0n) is 33.0. The Morgan fingerprint density at radius 2 is 1.45 bits per heavy atom. The van der Waals surface area contributed by atoms with Crippen LogP contribution in [0.2, 0.25) is 0 Å². The standard InChI is InChI=1S/C41H67N5O7/c1-25(2)41(29-15-10-16-29)23-31(37(50)43-30(34(48)36(42)49)21-26-11-9-12-26)46(24-41)39(52)35(40(3,4)5)45-38(51)33(28-13-7-6-8-14-28)44-32(47)22-27-17-19-53-20-18-27/h25-31,33,35H,6-24H2,1-5H3,(H2,42,49)(H,43,50)(H,44,47)(H,45,51)/t30?,31-,33-,35?,41+/m0/s1. The highest BCUT2D eigenvalue weighted by Crippen LogP contribution is 2.54. The molecule has 2 saturated heterocycles. The molecule has 2 aliphatic heterocycles. The van der Waals surface area contributed by atoms with Gasteiger partial charge in [-0.3, -0.25) is 28.8 Å². The van der Waals surface area contributed by atoms with E-state index in [0.717, 1.165) is 83.5 Å². The maximum atomic E-state index is 15.0. The molecule has 53 heavy (non-hydrogen) atoms. The molecule has 0 radical (unpaired) electrons. The summed E-state index contributed by atoms with van der Waals surface area (Å²) in [4.78, 5) is 83.9. The number of rotatable bonds is 15. The zero-order chi connectivity index (χ0) is 38.5. The fourth-order valence-electron chi connectivity index (χ4n) is 9.69. The molecule has 298 valence electrons. The molecule has 12 heteroatoms. The van der Waals surface area contributed by atoms with E-state index in [1.165, 1.54) is 0 Å². The number of carbonyl (C=O) groups is 6. The molecule has 0 spiro atoms. The SMILES string of the molecule is CC(C)[C@@]1(C2CCC2)C[C@@H](C(=O)NC(CC2CCC2)C(=O)C(N)=O)N(C(=O)C(NC(=O)[C@@H](NC(=O)CC2CCOCC2)C2CCCCC2)C(C)(C)C)C1. The molecule has 0 aromatic heterocycles. The number of hydrogen-bond acceptors (Lipinski definition) is 7. The van der Waals surface area contributed by atoms with Crippen molar-refractivity contribution in [2.45, 2.75) is 162 Å². The van der Waals surface area contributed by atoms with Gasteiger partial charge in [0.2, 0.25) is 29.4 Å². The van der Waals surface area contributed by atoms with Crippen molar-refractivity contribution in [1.82, 2.24) is 20.9 Å². The number of nitrogens with two attached hydrogens (primary N) is 1. The van der Waals surface area contributed by atoms with Gasteiger partial charge in [0.05, 0.1) is 6.04 Å². The van der Waals surface area contributed by atoms with Crippen molar-refractivity contribution < 1.29 is 33.5 Å². The first kappa shape index (κ1) is 41.1. The van der Waals surface area contributed by atoms with E-state index in [1.807, 2.05) is 20.8 Å². The second-order valence-corrected chi connectivity index (χ2v) is 18.5. The number of nitrogens with zero attached hydrogens (tertiary/aromatic N) is 1. The van der Waals surface area contributed by atoms with Gasteiger partial charge in [0.25, 0.3) is 5.91 Å². The third-order valence-corrected chi connectivity index (χ3v) is 13.7. The molecule has 5 amide bonds. The Labute approximate surface area is 316 Å². The topological polar surface area (TPSA) is 177 Å². The van der Waals surface area contributed by atoms with Gasteiger partial charge in [0.1, 0.15) is 18.1 Å². The van der Waals surface area contributed by atoms with Gasteiger partial charge >= 0.3 is 0 Å². The summed E-state index contributed by atoms with van der Waals surface area (Å²) in [7, 11) is 0. The van der Waals surface area contributed by atoms with Crippen LogP contribution in [-0.4, -0.2) is 84.1 Å². The molecule has 5 atom stereocenters. The summed E-state index contributed by atoms with van der Waals surface area (Å²) in [5.74, 6) is -2.31. The number of ketones is 1. The van der Waals surface area contributed by atoms with Gasteiger partial charge in [-0.05, 0) is 91.8 Å². The number of nitrogens with one attached hydrogen (secondary N) is 3. The van der Waals surface area contributed by atoms with E-state index in [0.29, 0.717) is 44.9 Å². The summed E-state index contributed by atoms with van der Waals surface area (Å²) in [6.07, 6.45) is 13.5. The molecule has 3 aliphatic carbocycles. The van der Waals surface area contributed by atoms with Crippen molar-refractivity contribution in [3.05, 3.63) is 0 Å². The van der Waals surface area contributed by atoms with Gasteiger partial charge in [-0.25, -0.2) is 0 Å². The van der Waals surface area contributed by atoms with E-state index in [-0.39, 0.29) is 46.8 Å². The van der Waals surface area contributed by atoms with E-state index in [9.17, 15) is 24.0 Å². The fraction of sp³-hybridized carbons (Fsp3) is 0.854. The predicted molar refractivity (Wildman–Crippen MR) is 201 cm³/mol. The Bertz CT molecular complexity index is 1340. The Morgan fingerprint density at radius 1 is 0.811 bits per heavy atom. The Kier molecular flexibility index (Phi) is 13.7. The van der Waals surface area contributed by atoms with Gasteiger partial charge in [0, 0.05) is 26.2 Å². The van der Waals surface area contributed by atoms with Gasteiger partial charge in [0.15, 0.2) is 0 Å². The first-order chi connectivity index (χ1) is 25.1. The number of ether oxygens (including phenoxy) is 1. The second-order valence-electron chi connectivity index (χ2n) is 18.5. The number of carbonyl (C=O) groups excluding carboxylic acids is 6. The lowest BCUT2D eigenvalue weighted by Crippen LogP contribution is -2.62. The van der Waals surface area contributed by atoms with Gasteiger partial charge in [-0.15, -0.1) is 0 Å². The van der Waals surface area contributed by atoms with Crippen LogP contribution in [0.25, 0.3) is 0 Å². The minimum atomic E-state index is -1.08. The first-order valence-electron chi connectivity index (χ1n) is 20.7. The smallest absolute Gasteiger partial charge is 0.287 e.